The summed E-state index contributed by atoms with van der Waals surface area (Å²) >= 11 is 1.38. The first-order valence-electron chi connectivity index (χ1n) is 9.29. The minimum atomic E-state index is -0.533. The summed E-state index contributed by atoms with van der Waals surface area (Å²) in [5.74, 6) is 0.332. The van der Waals surface area contributed by atoms with Crippen LogP contribution in [0.15, 0.2) is 4.52 Å². The normalized spacial score (nSPS) is 14.2. The van der Waals surface area contributed by atoms with Crippen LogP contribution in [0.1, 0.15) is 72.9 Å². The Labute approximate surface area is 168 Å². The van der Waals surface area contributed by atoms with Gasteiger partial charge in [-0.05, 0) is 27.7 Å². The van der Waals surface area contributed by atoms with Gasteiger partial charge in [0.15, 0.2) is 10.9 Å². The minimum Gasteiger partial charge on any atom is -0.444 e. The van der Waals surface area contributed by atoms with Gasteiger partial charge in [-0.3, -0.25) is 10.1 Å². The predicted molar refractivity (Wildman–Crippen MR) is 106 cm³/mol. The maximum absolute atomic E-state index is 12.7. The molecule has 9 heteroatoms. The standard InChI is InChI=1S/C19H26N4O4S/c1-10(2)15-14(11(3)22-27-15)16(24)21-17-20-12-7-8-23(9-13(12)28-17)18(25)26-19(4,5)6/h10H,7-9H2,1-6H3,(H,20,21,24). The summed E-state index contributed by atoms with van der Waals surface area (Å²) in [5.41, 5.74) is 1.39. The number of aromatic nitrogens is 2. The van der Waals surface area contributed by atoms with Crippen LogP contribution in [-0.4, -0.2) is 39.2 Å². The maximum Gasteiger partial charge on any atom is 0.410 e. The van der Waals surface area contributed by atoms with Crippen molar-refractivity contribution in [2.75, 3.05) is 11.9 Å². The third-order valence-electron chi connectivity index (χ3n) is 4.24. The fourth-order valence-corrected chi connectivity index (χ4v) is 3.97. The van der Waals surface area contributed by atoms with E-state index >= 15 is 0 Å². The van der Waals surface area contributed by atoms with E-state index in [4.69, 9.17) is 9.26 Å². The zero-order chi connectivity index (χ0) is 20.6. The maximum atomic E-state index is 12.7. The minimum absolute atomic E-state index is 0.0498. The lowest BCUT2D eigenvalue weighted by atomic mass is 10.0. The molecule has 1 N–H and O–H groups in total. The van der Waals surface area contributed by atoms with Crippen molar-refractivity contribution in [3.63, 3.8) is 0 Å². The van der Waals surface area contributed by atoms with Gasteiger partial charge in [-0.25, -0.2) is 9.78 Å². The molecule has 0 saturated carbocycles. The number of aryl methyl sites for hydroxylation is 1. The first-order chi connectivity index (χ1) is 13.0. The molecule has 2 aromatic heterocycles. The molecule has 0 fully saturated rings. The second kappa shape index (κ2) is 7.54. The number of nitrogens with zero attached hydrogens (tertiary/aromatic N) is 3. The molecule has 8 nitrogen and oxygen atoms in total. The molecule has 0 saturated heterocycles. The molecule has 2 aromatic rings. The average molecular weight is 407 g/mol. The van der Waals surface area contributed by atoms with Gasteiger partial charge in [-0.15, -0.1) is 0 Å². The number of hydrogen-bond donors (Lipinski definition) is 1. The van der Waals surface area contributed by atoms with Gasteiger partial charge >= 0.3 is 6.09 Å². The Morgan fingerprint density at radius 2 is 2.04 bits per heavy atom. The van der Waals surface area contributed by atoms with Crippen molar-refractivity contribution in [1.82, 2.24) is 15.0 Å². The molecule has 0 spiro atoms. The molecule has 0 bridgehead atoms. The Bertz CT molecular complexity index is 894. The summed E-state index contributed by atoms with van der Waals surface area (Å²) in [5, 5.41) is 7.28. The first kappa shape index (κ1) is 20.3. The van der Waals surface area contributed by atoms with Gasteiger partial charge in [0.25, 0.3) is 5.91 Å². The third-order valence-corrected chi connectivity index (χ3v) is 5.24. The highest BCUT2D eigenvalue weighted by Crippen LogP contribution is 2.30. The Morgan fingerprint density at radius 3 is 2.68 bits per heavy atom. The number of rotatable bonds is 3. The highest BCUT2D eigenvalue weighted by atomic mass is 32.1. The molecular weight excluding hydrogens is 380 g/mol. The van der Waals surface area contributed by atoms with Crippen LogP contribution in [0.25, 0.3) is 0 Å². The molecule has 3 rings (SSSR count). The molecule has 0 radical (unpaired) electrons. The molecule has 1 aliphatic rings. The first-order valence-corrected chi connectivity index (χ1v) is 10.1. The van der Waals surface area contributed by atoms with Crippen molar-refractivity contribution >= 4 is 28.5 Å². The molecule has 2 amide bonds. The molecule has 0 atom stereocenters. The van der Waals surface area contributed by atoms with Crippen LogP contribution < -0.4 is 5.32 Å². The van der Waals surface area contributed by atoms with Gasteiger partial charge in [0.1, 0.15) is 11.2 Å². The summed E-state index contributed by atoms with van der Waals surface area (Å²) in [6, 6.07) is 0. The number of amides is 2. The fraction of sp³-hybridized carbons (Fsp3) is 0.579. The number of nitrogens with one attached hydrogen (secondary N) is 1. The lowest BCUT2D eigenvalue weighted by molar-refractivity contribution is 0.0225. The van der Waals surface area contributed by atoms with Gasteiger partial charge in [-0.2, -0.15) is 0 Å². The van der Waals surface area contributed by atoms with Crippen LogP contribution in [0.2, 0.25) is 0 Å². The van der Waals surface area contributed by atoms with E-state index in [-0.39, 0.29) is 17.9 Å². The van der Waals surface area contributed by atoms with E-state index in [9.17, 15) is 9.59 Å². The third kappa shape index (κ3) is 4.35. The largest absolute Gasteiger partial charge is 0.444 e. The SMILES string of the molecule is Cc1noc(C(C)C)c1C(=O)Nc1nc2c(s1)CN(C(=O)OC(C)(C)C)CC2. The molecule has 152 valence electrons. The molecule has 1 aliphatic heterocycles. The van der Waals surface area contributed by atoms with Crippen LogP contribution in [0.4, 0.5) is 9.93 Å². The van der Waals surface area contributed by atoms with Crippen molar-refractivity contribution in [2.24, 2.45) is 0 Å². The number of carbonyl (C=O) groups is 2. The quantitative estimate of drug-likeness (QED) is 0.824. The van der Waals surface area contributed by atoms with Crippen LogP contribution in [0.5, 0.6) is 0 Å². The van der Waals surface area contributed by atoms with Gasteiger partial charge in [0, 0.05) is 23.8 Å². The summed E-state index contributed by atoms with van der Waals surface area (Å²) in [7, 11) is 0. The number of carbonyl (C=O) groups excluding carboxylic acids is 2. The van der Waals surface area contributed by atoms with E-state index in [1.807, 2.05) is 34.6 Å². The van der Waals surface area contributed by atoms with E-state index in [0.29, 0.717) is 41.7 Å². The molecular formula is C19H26N4O4S. The van der Waals surface area contributed by atoms with Crippen LogP contribution >= 0.6 is 11.3 Å². The van der Waals surface area contributed by atoms with E-state index < -0.39 is 5.60 Å². The number of fused-ring (bicyclic) bond motifs is 1. The Balaban J connectivity index is 1.72. The number of thiazole rings is 1. The Hall–Kier alpha value is -2.42. The van der Waals surface area contributed by atoms with Gasteiger partial charge in [-0.1, -0.05) is 30.3 Å². The van der Waals surface area contributed by atoms with Crippen molar-refractivity contribution in [2.45, 2.75) is 66.0 Å². The predicted octanol–water partition coefficient (Wildman–Crippen LogP) is 4.11. The lowest BCUT2D eigenvalue weighted by Gasteiger charge is -2.29. The summed E-state index contributed by atoms with van der Waals surface area (Å²) < 4.78 is 10.7. The van der Waals surface area contributed by atoms with Crippen molar-refractivity contribution < 1.29 is 18.8 Å². The van der Waals surface area contributed by atoms with E-state index in [1.165, 1.54) is 11.3 Å². The highest BCUT2D eigenvalue weighted by molar-refractivity contribution is 7.15. The van der Waals surface area contributed by atoms with Crippen molar-refractivity contribution in [3.05, 3.63) is 27.6 Å². The zero-order valence-corrected chi connectivity index (χ0v) is 17.9. The smallest absolute Gasteiger partial charge is 0.410 e. The summed E-state index contributed by atoms with van der Waals surface area (Å²) in [6.07, 6.45) is 0.295. The zero-order valence-electron chi connectivity index (χ0n) is 17.1. The molecule has 0 aliphatic carbocycles. The molecule has 28 heavy (non-hydrogen) atoms. The average Bonchev–Trinajstić information content (AvgIpc) is 3.15. The number of anilines is 1. The van der Waals surface area contributed by atoms with E-state index in [0.717, 1.165) is 10.6 Å². The number of hydrogen-bond acceptors (Lipinski definition) is 7. The van der Waals surface area contributed by atoms with Gasteiger partial charge < -0.3 is 14.2 Å². The van der Waals surface area contributed by atoms with Gasteiger partial charge in [0.2, 0.25) is 0 Å². The lowest BCUT2D eigenvalue weighted by Crippen LogP contribution is -2.39. The second-order valence-electron chi connectivity index (χ2n) is 8.16. The van der Waals surface area contributed by atoms with Crippen LogP contribution in [0, 0.1) is 6.92 Å². The van der Waals surface area contributed by atoms with Crippen LogP contribution in [0.3, 0.4) is 0 Å². The monoisotopic (exact) mass is 406 g/mol. The molecule has 0 aromatic carbocycles. The van der Waals surface area contributed by atoms with Crippen molar-refractivity contribution in [1.29, 1.82) is 0 Å². The molecule has 0 unspecified atom stereocenters. The second-order valence-corrected chi connectivity index (χ2v) is 9.24. The molecule has 3 heterocycles. The highest BCUT2D eigenvalue weighted by Gasteiger charge is 2.29. The Morgan fingerprint density at radius 1 is 1.32 bits per heavy atom. The topological polar surface area (TPSA) is 97.6 Å². The summed E-state index contributed by atoms with van der Waals surface area (Å²) in [4.78, 5) is 32.2. The van der Waals surface area contributed by atoms with E-state index in [2.05, 4.69) is 15.5 Å². The van der Waals surface area contributed by atoms with Gasteiger partial charge in [0.05, 0.1) is 17.9 Å². The van der Waals surface area contributed by atoms with Crippen LogP contribution in [-0.2, 0) is 17.7 Å². The summed E-state index contributed by atoms with van der Waals surface area (Å²) in [6.45, 7) is 12.2. The van der Waals surface area contributed by atoms with Crippen molar-refractivity contribution in [3.8, 4) is 0 Å². The Kier molecular flexibility index (Phi) is 5.47. The number of ether oxygens (including phenoxy) is 1. The fourth-order valence-electron chi connectivity index (χ4n) is 2.95. The van der Waals surface area contributed by atoms with E-state index in [1.54, 1.807) is 11.8 Å².